The third kappa shape index (κ3) is 7.68. The highest BCUT2D eigenvalue weighted by Crippen LogP contribution is 2.18. The molecule has 0 unspecified atom stereocenters. The Morgan fingerprint density at radius 3 is 2.26 bits per heavy atom. The normalized spacial score (nSPS) is 11.3. The maximum Gasteiger partial charge on any atom is 0.338 e. The lowest BCUT2D eigenvalue weighted by atomic mass is 10.2. The first kappa shape index (κ1) is 24.9. The number of nitrogens with zero attached hydrogens (tertiary/aromatic N) is 1. The highest BCUT2D eigenvalue weighted by atomic mass is 32.2. The average Bonchev–Trinajstić information content (AvgIpc) is 2.78. The Kier molecular flexibility index (Phi) is 10.0. The third-order valence-electron chi connectivity index (χ3n) is 4.42. The molecular weight excluding hydrogens is 436 g/mol. The minimum atomic E-state index is -3.59. The van der Waals surface area contributed by atoms with Crippen molar-refractivity contribution in [3.63, 3.8) is 0 Å². The largest absolute Gasteiger partial charge is 0.452 e. The van der Waals surface area contributed by atoms with Crippen molar-refractivity contribution in [1.82, 2.24) is 9.62 Å². The van der Waals surface area contributed by atoms with E-state index in [1.807, 2.05) is 30.3 Å². The van der Waals surface area contributed by atoms with Gasteiger partial charge in [0.15, 0.2) is 6.61 Å². The molecule has 0 heterocycles. The summed E-state index contributed by atoms with van der Waals surface area (Å²) < 4.78 is 31.3. The Bertz CT molecular complexity index is 944. The zero-order chi connectivity index (χ0) is 22.7. The first-order valence-corrected chi connectivity index (χ1v) is 12.5. The Morgan fingerprint density at radius 1 is 1.00 bits per heavy atom. The summed E-state index contributed by atoms with van der Waals surface area (Å²) in [5.74, 6) is -0.187. The molecule has 31 heavy (non-hydrogen) atoms. The van der Waals surface area contributed by atoms with Crippen molar-refractivity contribution in [3.8, 4) is 0 Å². The smallest absolute Gasteiger partial charge is 0.338 e. The Hall–Kier alpha value is -2.36. The molecule has 0 saturated carbocycles. The van der Waals surface area contributed by atoms with Crippen molar-refractivity contribution >= 4 is 33.7 Å². The Labute approximate surface area is 188 Å². The number of hydrogen-bond donors (Lipinski definition) is 1. The van der Waals surface area contributed by atoms with Gasteiger partial charge < -0.3 is 10.1 Å². The highest BCUT2D eigenvalue weighted by Gasteiger charge is 2.22. The van der Waals surface area contributed by atoms with E-state index in [-0.39, 0.29) is 23.0 Å². The first-order chi connectivity index (χ1) is 14.9. The molecule has 0 radical (unpaired) electrons. The van der Waals surface area contributed by atoms with Crippen LogP contribution in [-0.4, -0.2) is 56.6 Å². The molecule has 2 rings (SSSR count). The van der Waals surface area contributed by atoms with Crippen LogP contribution in [0.2, 0.25) is 0 Å². The molecule has 9 heteroatoms. The summed E-state index contributed by atoms with van der Waals surface area (Å²) in [6.45, 7) is 4.36. The van der Waals surface area contributed by atoms with Crippen LogP contribution in [0.15, 0.2) is 64.4 Å². The number of esters is 1. The molecule has 0 saturated heterocycles. The van der Waals surface area contributed by atoms with Crippen LogP contribution in [0.5, 0.6) is 0 Å². The molecule has 7 nitrogen and oxygen atoms in total. The number of rotatable bonds is 12. The van der Waals surface area contributed by atoms with E-state index in [2.05, 4.69) is 5.32 Å². The molecule has 0 aliphatic rings. The quantitative estimate of drug-likeness (QED) is 0.295. The molecule has 2 aromatic rings. The standard InChI is InChI=1S/C22H28N2O5S2/c1-3-24(4-2)31(27,28)20-13-11-18(12-14-20)22(26)29-17-21(25)23-15-8-16-30-19-9-6-5-7-10-19/h5-7,9-14H,3-4,8,15-17H2,1-2H3,(H,23,25). The second kappa shape index (κ2) is 12.5. The van der Waals surface area contributed by atoms with Crippen molar-refractivity contribution < 1.29 is 22.7 Å². The fraction of sp³-hybridized carbons (Fsp3) is 0.364. The SMILES string of the molecule is CCN(CC)S(=O)(=O)c1ccc(C(=O)OCC(=O)NCCCSc2ccccc2)cc1. The number of hydrogen-bond acceptors (Lipinski definition) is 6. The molecule has 0 atom stereocenters. The summed E-state index contributed by atoms with van der Waals surface area (Å²) in [7, 11) is -3.59. The lowest BCUT2D eigenvalue weighted by Gasteiger charge is -2.18. The summed E-state index contributed by atoms with van der Waals surface area (Å²) in [5.41, 5.74) is 0.186. The summed E-state index contributed by atoms with van der Waals surface area (Å²) in [6.07, 6.45) is 0.793. The fourth-order valence-corrected chi connectivity index (χ4v) is 5.08. The van der Waals surface area contributed by atoms with Gasteiger partial charge in [-0.25, -0.2) is 13.2 Å². The van der Waals surface area contributed by atoms with Crippen molar-refractivity contribution in [2.75, 3.05) is 32.0 Å². The van der Waals surface area contributed by atoms with E-state index in [1.165, 1.54) is 33.5 Å². The molecule has 1 N–H and O–H groups in total. The molecule has 0 fully saturated rings. The highest BCUT2D eigenvalue weighted by molar-refractivity contribution is 7.99. The van der Waals surface area contributed by atoms with E-state index in [0.29, 0.717) is 19.6 Å². The molecule has 0 spiro atoms. The molecule has 1 amide bonds. The molecule has 0 aromatic heterocycles. The van der Waals surface area contributed by atoms with Gasteiger partial charge in [0.2, 0.25) is 10.0 Å². The number of ether oxygens (including phenoxy) is 1. The van der Waals surface area contributed by atoms with Crippen LogP contribution >= 0.6 is 11.8 Å². The zero-order valence-corrected chi connectivity index (χ0v) is 19.4. The lowest BCUT2D eigenvalue weighted by molar-refractivity contribution is -0.124. The van der Waals surface area contributed by atoms with E-state index in [1.54, 1.807) is 25.6 Å². The van der Waals surface area contributed by atoms with E-state index in [9.17, 15) is 18.0 Å². The lowest BCUT2D eigenvalue weighted by Crippen LogP contribution is -2.30. The van der Waals surface area contributed by atoms with Gasteiger partial charge in [-0.15, -0.1) is 11.8 Å². The van der Waals surface area contributed by atoms with Crippen LogP contribution < -0.4 is 5.32 Å². The Balaban J connectivity index is 1.73. The van der Waals surface area contributed by atoms with E-state index < -0.39 is 16.0 Å². The number of amides is 1. The van der Waals surface area contributed by atoms with Gasteiger partial charge in [-0.1, -0.05) is 32.0 Å². The molecule has 168 valence electrons. The molecule has 0 aliphatic carbocycles. The van der Waals surface area contributed by atoms with Crippen molar-refractivity contribution in [2.45, 2.75) is 30.1 Å². The van der Waals surface area contributed by atoms with Crippen LogP contribution in [-0.2, 0) is 19.6 Å². The summed E-state index contributed by atoms with van der Waals surface area (Å²) >= 11 is 1.71. The second-order valence-corrected chi connectivity index (χ2v) is 9.66. The summed E-state index contributed by atoms with van der Waals surface area (Å²) in [4.78, 5) is 25.3. The predicted molar refractivity (Wildman–Crippen MR) is 122 cm³/mol. The van der Waals surface area contributed by atoms with E-state index >= 15 is 0 Å². The maximum atomic E-state index is 12.5. The maximum absolute atomic E-state index is 12.5. The number of sulfonamides is 1. The number of nitrogens with one attached hydrogen (secondary N) is 1. The van der Waals surface area contributed by atoms with Crippen molar-refractivity contribution in [2.24, 2.45) is 0 Å². The number of thioether (sulfide) groups is 1. The van der Waals surface area contributed by atoms with Crippen LogP contribution in [0.25, 0.3) is 0 Å². The van der Waals surface area contributed by atoms with Gasteiger partial charge >= 0.3 is 5.97 Å². The second-order valence-electron chi connectivity index (χ2n) is 6.55. The first-order valence-electron chi connectivity index (χ1n) is 10.1. The van der Waals surface area contributed by atoms with Gasteiger partial charge in [-0.3, -0.25) is 4.79 Å². The summed E-state index contributed by atoms with van der Waals surface area (Å²) in [6, 6.07) is 15.5. The Morgan fingerprint density at radius 2 is 1.65 bits per heavy atom. The number of benzene rings is 2. The molecule has 2 aromatic carbocycles. The zero-order valence-electron chi connectivity index (χ0n) is 17.7. The monoisotopic (exact) mass is 464 g/mol. The average molecular weight is 465 g/mol. The fourth-order valence-electron chi connectivity index (χ4n) is 2.75. The molecule has 0 bridgehead atoms. The van der Waals surface area contributed by atoms with Crippen LogP contribution in [0.1, 0.15) is 30.6 Å². The van der Waals surface area contributed by atoms with Crippen LogP contribution in [0.3, 0.4) is 0 Å². The molecule has 0 aliphatic heterocycles. The van der Waals surface area contributed by atoms with Crippen LogP contribution in [0, 0.1) is 0 Å². The molecular formula is C22H28N2O5S2. The summed E-state index contributed by atoms with van der Waals surface area (Å²) in [5, 5.41) is 2.72. The van der Waals surface area contributed by atoms with Gasteiger partial charge in [-0.05, 0) is 48.6 Å². The predicted octanol–water partition coefficient (Wildman–Crippen LogP) is 3.17. The topological polar surface area (TPSA) is 92.8 Å². The van der Waals surface area contributed by atoms with Crippen molar-refractivity contribution in [1.29, 1.82) is 0 Å². The van der Waals surface area contributed by atoms with Crippen LogP contribution in [0.4, 0.5) is 0 Å². The minimum absolute atomic E-state index is 0.110. The van der Waals surface area contributed by atoms with Gasteiger partial charge in [-0.2, -0.15) is 4.31 Å². The van der Waals surface area contributed by atoms with E-state index in [0.717, 1.165) is 12.2 Å². The number of carbonyl (C=O) groups is 2. The van der Waals surface area contributed by atoms with Crippen molar-refractivity contribution in [3.05, 3.63) is 60.2 Å². The van der Waals surface area contributed by atoms with Gasteiger partial charge in [0, 0.05) is 24.5 Å². The van der Waals surface area contributed by atoms with Gasteiger partial charge in [0.25, 0.3) is 5.91 Å². The van der Waals surface area contributed by atoms with E-state index in [4.69, 9.17) is 4.74 Å². The minimum Gasteiger partial charge on any atom is -0.452 e. The number of carbonyl (C=O) groups excluding carboxylic acids is 2. The van der Waals surface area contributed by atoms with Gasteiger partial charge in [0.1, 0.15) is 0 Å². The third-order valence-corrected chi connectivity index (χ3v) is 7.59. The van der Waals surface area contributed by atoms with Gasteiger partial charge in [0.05, 0.1) is 10.5 Å².